The van der Waals surface area contributed by atoms with Gasteiger partial charge in [-0.3, -0.25) is 0 Å². The van der Waals surface area contributed by atoms with E-state index in [1.165, 1.54) is 0 Å². The number of rotatable bonds is 4. The summed E-state index contributed by atoms with van der Waals surface area (Å²) in [5.41, 5.74) is -0.894. The topological polar surface area (TPSA) is 47.9 Å². The second kappa shape index (κ2) is 5.65. The lowest BCUT2D eigenvalue weighted by Gasteiger charge is -2.52. The minimum Gasteiger partial charge on any atom is -0.414 e. The lowest BCUT2D eigenvalue weighted by molar-refractivity contribution is -0.285. The molecule has 0 radical (unpaired) electrons. The molecule has 0 spiro atoms. The van der Waals surface area contributed by atoms with Crippen LogP contribution < -0.4 is 0 Å². The molecule has 0 aromatic heterocycles. The smallest absolute Gasteiger partial charge is 0.192 e. The molecule has 24 heavy (non-hydrogen) atoms. The van der Waals surface area contributed by atoms with Crippen LogP contribution in [0.15, 0.2) is 12.2 Å². The van der Waals surface area contributed by atoms with Crippen LogP contribution in [0.25, 0.3) is 0 Å². The average Bonchev–Trinajstić information content (AvgIpc) is 2.73. The molecule has 3 rings (SSSR count). The van der Waals surface area contributed by atoms with Crippen molar-refractivity contribution in [2.75, 3.05) is 14.2 Å². The predicted molar refractivity (Wildman–Crippen MR) is 97.2 cm³/mol. The van der Waals surface area contributed by atoms with Gasteiger partial charge in [-0.25, -0.2) is 0 Å². The molecular weight excluding hydrogens is 320 g/mol. The van der Waals surface area contributed by atoms with Crippen molar-refractivity contribution in [3.05, 3.63) is 12.2 Å². The van der Waals surface area contributed by atoms with Crippen LogP contribution >= 0.6 is 0 Å². The maximum Gasteiger partial charge on any atom is 0.192 e. The first-order chi connectivity index (χ1) is 11.0. The molecular formula is C19H34O4Si. The van der Waals surface area contributed by atoms with Crippen LogP contribution in [0.5, 0.6) is 0 Å². The molecule has 5 atom stereocenters. The van der Waals surface area contributed by atoms with Crippen molar-refractivity contribution in [2.45, 2.75) is 75.7 Å². The molecule has 0 aromatic rings. The van der Waals surface area contributed by atoms with E-state index in [1.54, 1.807) is 14.2 Å². The minimum atomic E-state index is -1.85. The predicted octanol–water partition coefficient (Wildman–Crippen LogP) is 3.71. The molecule has 0 amide bonds. The van der Waals surface area contributed by atoms with Gasteiger partial charge in [0.1, 0.15) is 0 Å². The summed E-state index contributed by atoms with van der Waals surface area (Å²) >= 11 is 0. The number of methoxy groups -OCH3 is 2. The standard InChI is InChI=1S/C19H34O4Si/c1-17(2,3)24(6,7)23-15-11-13-10-14-8-9-18(20,12-15)16(13)19(14,21-4)22-5/h8-9,13-16,20H,10-12H2,1-7H3/t13?,14?,15-,16-,18+/m1/s1. The van der Waals surface area contributed by atoms with Gasteiger partial charge in [-0.2, -0.15) is 0 Å². The van der Waals surface area contributed by atoms with Crippen LogP contribution in [0.1, 0.15) is 40.0 Å². The van der Waals surface area contributed by atoms with Gasteiger partial charge in [0.15, 0.2) is 14.1 Å². The van der Waals surface area contributed by atoms with Crippen LogP contribution in [0, 0.1) is 17.8 Å². The van der Waals surface area contributed by atoms with Gasteiger partial charge in [0.2, 0.25) is 0 Å². The van der Waals surface area contributed by atoms with Gasteiger partial charge in [0.05, 0.1) is 5.60 Å². The molecule has 138 valence electrons. The van der Waals surface area contributed by atoms with Gasteiger partial charge in [0, 0.05) is 38.6 Å². The number of ether oxygens (including phenoxy) is 2. The Balaban J connectivity index is 1.86. The first-order valence-corrected chi connectivity index (χ1v) is 12.1. The quantitative estimate of drug-likeness (QED) is 0.475. The van der Waals surface area contributed by atoms with E-state index in [0.29, 0.717) is 12.3 Å². The first-order valence-electron chi connectivity index (χ1n) is 9.19. The van der Waals surface area contributed by atoms with E-state index in [1.807, 2.05) is 6.08 Å². The lowest BCUT2D eigenvalue weighted by Crippen LogP contribution is -2.61. The number of aliphatic hydroxyl groups is 1. The minimum absolute atomic E-state index is 0.00531. The summed E-state index contributed by atoms with van der Waals surface area (Å²) in [6.45, 7) is 11.4. The second-order valence-corrected chi connectivity index (χ2v) is 14.3. The van der Waals surface area contributed by atoms with Crippen LogP contribution in [-0.2, 0) is 13.9 Å². The van der Waals surface area contributed by atoms with Gasteiger partial charge < -0.3 is 19.0 Å². The van der Waals surface area contributed by atoms with Gasteiger partial charge in [0.25, 0.3) is 0 Å². The summed E-state index contributed by atoms with van der Waals surface area (Å²) in [6.07, 6.45) is 6.86. The fraction of sp³-hybridized carbons (Fsp3) is 0.895. The van der Waals surface area contributed by atoms with Crippen molar-refractivity contribution >= 4 is 8.32 Å². The highest BCUT2D eigenvalue weighted by Crippen LogP contribution is 2.61. The monoisotopic (exact) mass is 354 g/mol. The van der Waals surface area contributed by atoms with Gasteiger partial charge >= 0.3 is 0 Å². The van der Waals surface area contributed by atoms with E-state index in [4.69, 9.17) is 13.9 Å². The summed E-state index contributed by atoms with van der Waals surface area (Å²) in [6, 6.07) is 0. The molecule has 0 saturated heterocycles. The molecule has 3 aliphatic rings. The highest BCUT2D eigenvalue weighted by Gasteiger charge is 2.67. The van der Waals surface area contributed by atoms with Gasteiger partial charge in [-0.1, -0.05) is 32.9 Å². The number of hydrogen-bond acceptors (Lipinski definition) is 4. The van der Waals surface area contributed by atoms with Crippen molar-refractivity contribution in [2.24, 2.45) is 17.8 Å². The van der Waals surface area contributed by atoms with Gasteiger partial charge in [-0.05, 0) is 36.9 Å². The Morgan fingerprint density at radius 1 is 1.12 bits per heavy atom. The summed E-state index contributed by atoms with van der Waals surface area (Å²) in [5.74, 6) is -0.0992. The molecule has 1 N–H and O–H groups in total. The molecule has 0 heterocycles. The third-order valence-electron chi connectivity index (χ3n) is 7.16. The summed E-state index contributed by atoms with van der Waals surface area (Å²) < 4.78 is 18.3. The van der Waals surface area contributed by atoms with E-state index >= 15 is 0 Å². The zero-order valence-electron chi connectivity index (χ0n) is 16.3. The molecule has 5 heteroatoms. The normalized spacial score (nSPS) is 40.8. The lowest BCUT2D eigenvalue weighted by atomic mass is 9.66. The van der Waals surface area contributed by atoms with Crippen molar-refractivity contribution in [1.29, 1.82) is 0 Å². The molecule has 3 aliphatic carbocycles. The summed E-state index contributed by atoms with van der Waals surface area (Å²) in [7, 11) is 1.56. The molecule has 2 saturated carbocycles. The molecule has 2 unspecified atom stereocenters. The highest BCUT2D eigenvalue weighted by molar-refractivity contribution is 6.74. The van der Waals surface area contributed by atoms with E-state index in [2.05, 4.69) is 39.9 Å². The summed E-state index contributed by atoms with van der Waals surface area (Å²) in [5, 5.41) is 11.6. The van der Waals surface area contributed by atoms with Crippen LogP contribution in [0.2, 0.25) is 18.1 Å². The first kappa shape index (κ1) is 18.6. The number of hydrogen-bond donors (Lipinski definition) is 1. The van der Waals surface area contributed by atoms with E-state index in [-0.39, 0.29) is 23.0 Å². The summed E-state index contributed by atoms with van der Waals surface area (Å²) in [4.78, 5) is 0. The molecule has 2 fully saturated rings. The van der Waals surface area contributed by atoms with E-state index in [9.17, 15) is 5.11 Å². The van der Waals surface area contributed by atoms with Gasteiger partial charge in [-0.15, -0.1) is 0 Å². The Labute approximate surface area is 147 Å². The van der Waals surface area contributed by atoms with Crippen LogP contribution in [0.4, 0.5) is 0 Å². The molecule has 2 bridgehead atoms. The van der Waals surface area contributed by atoms with Crippen molar-refractivity contribution in [3.63, 3.8) is 0 Å². The average molecular weight is 355 g/mol. The van der Waals surface area contributed by atoms with E-state index in [0.717, 1.165) is 12.8 Å². The highest BCUT2D eigenvalue weighted by atomic mass is 28.4. The Morgan fingerprint density at radius 3 is 2.29 bits per heavy atom. The molecule has 0 aliphatic heterocycles. The molecule has 0 aromatic carbocycles. The zero-order valence-corrected chi connectivity index (χ0v) is 17.3. The maximum absolute atomic E-state index is 11.4. The second-order valence-electron chi connectivity index (χ2n) is 9.50. The Kier molecular flexibility index (Phi) is 4.37. The third kappa shape index (κ3) is 2.55. The fourth-order valence-electron chi connectivity index (χ4n) is 5.08. The van der Waals surface area contributed by atoms with Crippen molar-refractivity contribution in [1.82, 2.24) is 0 Å². The fourth-order valence-corrected chi connectivity index (χ4v) is 6.44. The zero-order chi connectivity index (χ0) is 18.0. The Morgan fingerprint density at radius 2 is 1.75 bits per heavy atom. The Hall–Kier alpha value is -0.203. The van der Waals surface area contributed by atoms with Crippen molar-refractivity contribution < 1.29 is 19.0 Å². The number of fused-ring (bicyclic) bond motifs is 1. The van der Waals surface area contributed by atoms with Crippen molar-refractivity contribution in [3.8, 4) is 0 Å². The maximum atomic E-state index is 11.4. The van der Waals surface area contributed by atoms with Crippen LogP contribution in [-0.4, -0.2) is 45.1 Å². The van der Waals surface area contributed by atoms with E-state index < -0.39 is 19.7 Å². The molecule has 4 nitrogen and oxygen atoms in total. The Bertz CT molecular complexity index is 520. The SMILES string of the molecule is COC1(OC)C2C=C[C@]3(O)C[C@H](O[Si](C)(C)C(C)(C)C)CC(C2)[C@@H]13. The third-order valence-corrected chi connectivity index (χ3v) is 11.7. The largest absolute Gasteiger partial charge is 0.414 e. The van der Waals surface area contributed by atoms with Crippen LogP contribution in [0.3, 0.4) is 0 Å².